The zero-order valence-corrected chi connectivity index (χ0v) is 9.59. The van der Waals surface area contributed by atoms with Crippen LogP contribution in [0.3, 0.4) is 0 Å². The topological polar surface area (TPSA) is 95.3 Å². The van der Waals surface area contributed by atoms with Gasteiger partial charge in [0, 0.05) is 18.2 Å². The number of aromatic amines is 1. The standard InChI is InChI=1S/C11H16N2O4/c1-6-5-13(11(17)12-10(6)16)9(15)4-8(14)7-2-3-7/h5,7-9,14-15H,2-4H2,1H3,(H,12,16,17). The van der Waals surface area contributed by atoms with Crippen LogP contribution >= 0.6 is 0 Å². The van der Waals surface area contributed by atoms with Gasteiger partial charge in [-0.1, -0.05) is 0 Å². The van der Waals surface area contributed by atoms with E-state index >= 15 is 0 Å². The molecule has 6 heteroatoms. The van der Waals surface area contributed by atoms with Crippen molar-refractivity contribution in [1.29, 1.82) is 0 Å². The summed E-state index contributed by atoms with van der Waals surface area (Å²) in [6.07, 6.45) is 1.65. The number of aryl methyl sites for hydroxylation is 1. The first-order valence-electron chi connectivity index (χ1n) is 5.67. The van der Waals surface area contributed by atoms with Crippen molar-refractivity contribution in [1.82, 2.24) is 9.55 Å². The monoisotopic (exact) mass is 240 g/mol. The Hall–Kier alpha value is -1.40. The molecule has 1 aromatic heterocycles. The van der Waals surface area contributed by atoms with E-state index in [4.69, 9.17) is 0 Å². The first-order chi connectivity index (χ1) is 7.99. The molecule has 3 N–H and O–H groups in total. The minimum atomic E-state index is -1.10. The first-order valence-corrected chi connectivity index (χ1v) is 5.67. The van der Waals surface area contributed by atoms with E-state index in [0.29, 0.717) is 5.56 Å². The zero-order valence-electron chi connectivity index (χ0n) is 9.59. The summed E-state index contributed by atoms with van der Waals surface area (Å²) < 4.78 is 1.04. The molecule has 0 saturated heterocycles. The summed E-state index contributed by atoms with van der Waals surface area (Å²) in [5.74, 6) is 0.240. The second kappa shape index (κ2) is 4.46. The van der Waals surface area contributed by atoms with Crippen LogP contribution in [0.5, 0.6) is 0 Å². The number of aliphatic hydroxyl groups is 2. The Morgan fingerprint density at radius 3 is 2.71 bits per heavy atom. The summed E-state index contributed by atoms with van der Waals surface area (Å²) in [7, 11) is 0. The van der Waals surface area contributed by atoms with Gasteiger partial charge in [0.1, 0.15) is 6.23 Å². The average molecular weight is 240 g/mol. The molecule has 0 aromatic carbocycles. The SMILES string of the molecule is Cc1cn(C(O)CC(O)C2CC2)c(=O)[nH]c1=O. The van der Waals surface area contributed by atoms with E-state index in [0.717, 1.165) is 17.4 Å². The number of hydrogen-bond acceptors (Lipinski definition) is 4. The molecule has 0 bridgehead atoms. The third-order valence-corrected chi connectivity index (χ3v) is 3.09. The summed E-state index contributed by atoms with van der Waals surface area (Å²) in [4.78, 5) is 24.7. The van der Waals surface area contributed by atoms with Crippen molar-refractivity contribution in [2.45, 2.75) is 38.5 Å². The van der Waals surface area contributed by atoms with Crippen molar-refractivity contribution in [2.75, 3.05) is 0 Å². The van der Waals surface area contributed by atoms with Crippen LogP contribution in [-0.2, 0) is 0 Å². The summed E-state index contributed by atoms with van der Waals surface area (Å²) in [6.45, 7) is 1.55. The minimum absolute atomic E-state index is 0.107. The number of aliphatic hydroxyl groups excluding tert-OH is 2. The maximum absolute atomic E-state index is 11.5. The number of rotatable bonds is 4. The Kier molecular flexibility index (Phi) is 3.17. The maximum Gasteiger partial charge on any atom is 0.330 e. The van der Waals surface area contributed by atoms with E-state index < -0.39 is 23.6 Å². The summed E-state index contributed by atoms with van der Waals surface area (Å²) in [5, 5.41) is 19.5. The van der Waals surface area contributed by atoms with Crippen LogP contribution in [0.1, 0.15) is 31.1 Å². The largest absolute Gasteiger partial charge is 0.393 e. The highest BCUT2D eigenvalue weighted by Crippen LogP contribution is 2.35. The molecular formula is C11H16N2O4. The van der Waals surface area contributed by atoms with Gasteiger partial charge in [0.2, 0.25) is 0 Å². The molecular weight excluding hydrogens is 224 g/mol. The highest BCUT2D eigenvalue weighted by molar-refractivity contribution is 5.01. The maximum atomic E-state index is 11.5. The Morgan fingerprint density at radius 1 is 1.47 bits per heavy atom. The van der Waals surface area contributed by atoms with Crippen LogP contribution < -0.4 is 11.2 Å². The van der Waals surface area contributed by atoms with Gasteiger partial charge in [0.15, 0.2) is 0 Å². The second-order valence-corrected chi connectivity index (χ2v) is 4.60. The lowest BCUT2D eigenvalue weighted by Crippen LogP contribution is -2.34. The van der Waals surface area contributed by atoms with Crippen LogP contribution in [0.4, 0.5) is 0 Å². The minimum Gasteiger partial charge on any atom is -0.393 e. The first kappa shape index (κ1) is 12.1. The summed E-state index contributed by atoms with van der Waals surface area (Å²) in [6, 6.07) is 0. The number of nitrogens with one attached hydrogen (secondary N) is 1. The molecule has 1 aliphatic carbocycles. The summed E-state index contributed by atoms with van der Waals surface area (Å²) in [5.41, 5.74) is -0.762. The molecule has 1 saturated carbocycles. The molecule has 2 unspecified atom stereocenters. The molecule has 1 aromatic rings. The number of H-pyrrole nitrogens is 1. The molecule has 0 amide bonds. The van der Waals surface area contributed by atoms with Crippen LogP contribution in [0.25, 0.3) is 0 Å². The highest BCUT2D eigenvalue weighted by Gasteiger charge is 2.31. The Morgan fingerprint density at radius 2 is 2.12 bits per heavy atom. The van der Waals surface area contributed by atoms with Crippen LogP contribution in [-0.4, -0.2) is 25.9 Å². The van der Waals surface area contributed by atoms with Gasteiger partial charge in [-0.15, -0.1) is 0 Å². The molecule has 17 heavy (non-hydrogen) atoms. The van der Waals surface area contributed by atoms with Gasteiger partial charge in [-0.3, -0.25) is 14.3 Å². The van der Waals surface area contributed by atoms with Crippen molar-refractivity contribution >= 4 is 0 Å². The highest BCUT2D eigenvalue weighted by atomic mass is 16.3. The number of hydrogen-bond donors (Lipinski definition) is 3. The molecule has 1 aliphatic rings. The predicted octanol–water partition coefficient (Wildman–Crippen LogP) is -0.503. The van der Waals surface area contributed by atoms with E-state index in [2.05, 4.69) is 4.98 Å². The van der Waals surface area contributed by atoms with E-state index in [1.165, 1.54) is 6.20 Å². The van der Waals surface area contributed by atoms with Crippen molar-refractivity contribution in [3.8, 4) is 0 Å². The van der Waals surface area contributed by atoms with Gasteiger partial charge < -0.3 is 10.2 Å². The number of aromatic nitrogens is 2. The smallest absolute Gasteiger partial charge is 0.330 e. The zero-order chi connectivity index (χ0) is 12.6. The van der Waals surface area contributed by atoms with E-state index in [9.17, 15) is 19.8 Å². The Labute approximate surface area is 97.5 Å². The Balaban J connectivity index is 2.18. The van der Waals surface area contributed by atoms with Crippen molar-refractivity contribution in [3.05, 3.63) is 32.6 Å². The van der Waals surface area contributed by atoms with Crippen molar-refractivity contribution in [3.63, 3.8) is 0 Å². The molecule has 2 atom stereocenters. The van der Waals surface area contributed by atoms with Gasteiger partial charge >= 0.3 is 5.69 Å². The molecule has 1 fully saturated rings. The van der Waals surface area contributed by atoms with Gasteiger partial charge in [0.05, 0.1) is 6.10 Å². The van der Waals surface area contributed by atoms with E-state index in [1.807, 2.05) is 0 Å². The van der Waals surface area contributed by atoms with Gasteiger partial charge in [0.25, 0.3) is 5.56 Å². The van der Waals surface area contributed by atoms with Crippen LogP contribution in [0, 0.1) is 12.8 Å². The van der Waals surface area contributed by atoms with Crippen LogP contribution in [0.2, 0.25) is 0 Å². The lowest BCUT2D eigenvalue weighted by Gasteiger charge is -2.17. The average Bonchev–Trinajstić information content (AvgIpc) is 3.06. The molecule has 6 nitrogen and oxygen atoms in total. The Bertz CT molecular complexity index is 515. The molecule has 1 heterocycles. The molecule has 0 spiro atoms. The normalized spacial score (nSPS) is 19.0. The van der Waals surface area contributed by atoms with Gasteiger partial charge in [-0.25, -0.2) is 4.79 Å². The van der Waals surface area contributed by atoms with Crippen LogP contribution in [0.15, 0.2) is 15.8 Å². The fourth-order valence-corrected chi connectivity index (χ4v) is 1.81. The van der Waals surface area contributed by atoms with Gasteiger partial charge in [-0.05, 0) is 25.7 Å². The third-order valence-electron chi connectivity index (χ3n) is 3.09. The predicted molar refractivity (Wildman–Crippen MR) is 60.7 cm³/mol. The molecule has 94 valence electrons. The quantitative estimate of drug-likeness (QED) is 0.661. The van der Waals surface area contributed by atoms with Gasteiger partial charge in [-0.2, -0.15) is 0 Å². The molecule has 0 radical (unpaired) electrons. The number of nitrogens with zero attached hydrogens (tertiary/aromatic N) is 1. The third kappa shape index (κ3) is 2.65. The lowest BCUT2D eigenvalue weighted by atomic mass is 10.1. The lowest BCUT2D eigenvalue weighted by molar-refractivity contribution is 0.0246. The fraction of sp³-hybridized carbons (Fsp3) is 0.636. The second-order valence-electron chi connectivity index (χ2n) is 4.60. The fourth-order valence-electron chi connectivity index (χ4n) is 1.81. The van der Waals surface area contributed by atoms with E-state index in [1.54, 1.807) is 6.92 Å². The summed E-state index contributed by atoms with van der Waals surface area (Å²) >= 11 is 0. The van der Waals surface area contributed by atoms with E-state index in [-0.39, 0.29) is 12.3 Å². The van der Waals surface area contributed by atoms with Crippen molar-refractivity contribution < 1.29 is 10.2 Å². The molecule has 0 aliphatic heterocycles. The molecule has 2 rings (SSSR count). The van der Waals surface area contributed by atoms with Crippen molar-refractivity contribution in [2.24, 2.45) is 5.92 Å².